The lowest BCUT2D eigenvalue weighted by atomic mass is 10.1. The fourth-order valence-electron chi connectivity index (χ4n) is 3.76. The maximum atomic E-state index is 13.6. The summed E-state index contributed by atoms with van der Waals surface area (Å²) in [7, 11) is 0. The van der Waals surface area contributed by atoms with Gasteiger partial charge in [-0.1, -0.05) is 11.6 Å². The average molecular weight is 474 g/mol. The van der Waals surface area contributed by atoms with E-state index in [1.165, 1.54) is 36.4 Å². The molecule has 0 aliphatic carbocycles. The second-order valence-electron chi connectivity index (χ2n) is 7.71. The maximum absolute atomic E-state index is 13.6. The van der Waals surface area contributed by atoms with Crippen LogP contribution in [0.1, 0.15) is 13.3 Å². The predicted octanol–water partition coefficient (Wildman–Crippen LogP) is 3.79. The number of nitrogen functional groups attached to an aromatic ring is 1. The van der Waals surface area contributed by atoms with Crippen LogP contribution in [0.15, 0.2) is 36.7 Å². The van der Waals surface area contributed by atoms with Crippen LogP contribution < -0.4 is 15.4 Å². The highest BCUT2D eigenvalue weighted by Crippen LogP contribution is 2.35. The smallest absolute Gasteiger partial charge is 0.229 e. The topological polar surface area (TPSA) is 93.8 Å². The van der Waals surface area contributed by atoms with Crippen molar-refractivity contribution >= 4 is 45.6 Å². The minimum absolute atomic E-state index is 0.0932. The van der Waals surface area contributed by atoms with E-state index in [1.807, 2.05) is 0 Å². The fourth-order valence-corrected chi connectivity index (χ4v) is 3.94. The normalized spacial score (nSPS) is 14.4. The Bertz CT molecular complexity index is 1160. The van der Waals surface area contributed by atoms with Crippen molar-refractivity contribution in [3.8, 4) is 5.75 Å². The van der Waals surface area contributed by atoms with Gasteiger partial charge in [0, 0.05) is 38.0 Å². The number of hydrogen-bond acceptors (Lipinski definition) is 7. The molecule has 0 spiro atoms. The first-order chi connectivity index (χ1) is 15.9. The van der Waals surface area contributed by atoms with Gasteiger partial charge in [0.05, 0.1) is 41.7 Å². The monoisotopic (exact) mass is 473 g/mol. The lowest BCUT2D eigenvalue weighted by molar-refractivity contribution is -0.115. The van der Waals surface area contributed by atoms with E-state index in [2.05, 4.69) is 14.9 Å². The van der Waals surface area contributed by atoms with E-state index in [0.717, 1.165) is 39.3 Å². The van der Waals surface area contributed by atoms with Crippen LogP contribution >= 0.6 is 11.6 Å². The third-order valence-corrected chi connectivity index (χ3v) is 5.70. The Hall–Kier alpha value is -3.01. The Labute approximate surface area is 196 Å². The van der Waals surface area contributed by atoms with Gasteiger partial charge >= 0.3 is 0 Å². The summed E-state index contributed by atoms with van der Waals surface area (Å²) in [4.78, 5) is 24.8. The number of rotatable bonds is 7. The van der Waals surface area contributed by atoms with Crippen molar-refractivity contribution in [2.75, 3.05) is 50.1 Å². The molecule has 1 fully saturated rings. The SMILES string of the molecule is CC(=O)N(c1ccc(F)c(Cl)c1)c1ncnc2cc(OCCCN3CCOCC3)c(N)cc12. The molecule has 1 aromatic heterocycles. The first-order valence-electron chi connectivity index (χ1n) is 10.7. The number of carbonyl (C=O) groups is 1. The number of nitrogens with zero attached hydrogens (tertiary/aromatic N) is 4. The van der Waals surface area contributed by atoms with Gasteiger partial charge in [0.1, 0.15) is 17.9 Å². The van der Waals surface area contributed by atoms with E-state index in [4.69, 9.17) is 26.8 Å². The number of anilines is 3. The van der Waals surface area contributed by atoms with E-state index in [9.17, 15) is 9.18 Å². The molecule has 4 rings (SSSR count). The van der Waals surface area contributed by atoms with E-state index >= 15 is 0 Å². The van der Waals surface area contributed by atoms with Crippen LogP contribution in [-0.2, 0) is 9.53 Å². The lowest BCUT2D eigenvalue weighted by Gasteiger charge is -2.26. The molecule has 2 heterocycles. The van der Waals surface area contributed by atoms with E-state index in [0.29, 0.717) is 40.5 Å². The molecular weight excluding hydrogens is 449 g/mol. The fraction of sp³-hybridized carbons (Fsp3) is 0.348. The largest absolute Gasteiger partial charge is 0.491 e. The highest BCUT2D eigenvalue weighted by molar-refractivity contribution is 6.31. The third-order valence-electron chi connectivity index (χ3n) is 5.41. The standard InChI is InChI=1S/C23H25ClFN5O3/c1-15(31)30(16-3-4-19(25)18(24)11-16)23-17-12-20(26)22(13-21(17)27-14-28-23)33-8-2-5-29-6-9-32-10-7-29/h3-4,11-14H,2,5-10,26H2,1H3. The van der Waals surface area contributed by atoms with Crippen molar-refractivity contribution in [3.05, 3.63) is 47.5 Å². The Balaban J connectivity index is 1.56. The van der Waals surface area contributed by atoms with Crippen LogP contribution in [0.25, 0.3) is 10.9 Å². The molecular formula is C23H25ClFN5O3. The second-order valence-corrected chi connectivity index (χ2v) is 8.12. The number of carbonyl (C=O) groups excluding carboxylic acids is 1. The number of fused-ring (bicyclic) bond motifs is 1. The molecule has 0 unspecified atom stereocenters. The molecule has 1 saturated heterocycles. The number of aromatic nitrogens is 2. The molecule has 0 saturated carbocycles. The molecule has 0 bridgehead atoms. The van der Waals surface area contributed by atoms with Crippen molar-refractivity contribution < 1.29 is 18.7 Å². The summed E-state index contributed by atoms with van der Waals surface area (Å²) in [5, 5.41) is 0.468. The van der Waals surface area contributed by atoms with E-state index < -0.39 is 5.82 Å². The van der Waals surface area contributed by atoms with Crippen molar-refractivity contribution in [1.29, 1.82) is 0 Å². The summed E-state index contributed by atoms with van der Waals surface area (Å²) in [6.45, 7) is 6.23. The Morgan fingerprint density at radius 3 is 2.79 bits per heavy atom. The summed E-state index contributed by atoms with van der Waals surface area (Å²) in [5.41, 5.74) is 7.62. The number of amides is 1. The first kappa shape index (κ1) is 23.2. The molecule has 3 aromatic rings. The molecule has 0 radical (unpaired) electrons. The van der Waals surface area contributed by atoms with E-state index in [1.54, 1.807) is 12.1 Å². The predicted molar refractivity (Wildman–Crippen MR) is 126 cm³/mol. The van der Waals surface area contributed by atoms with Crippen LogP contribution in [0.3, 0.4) is 0 Å². The number of hydrogen-bond donors (Lipinski definition) is 1. The number of benzene rings is 2. The van der Waals surface area contributed by atoms with Crippen LogP contribution in [-0.4, -0.2) is 60.2 Å². The first-order valence-corrected chi connectivity index (χ1v) is 11.0. The van der Waals surface area contributed by atoms with Gasteiger partial charge in [0.25, 0.3) is 0 Å². The summed E-state index contributed by atoms with van der Waals surface area (Å²) in [6, 6.07) is 7.46. The minimum Gasteiger partial charge on any atom is -0.491 e. The van der Waals surface area contributed by atoms with Crippen LogP contribution in [0.5, 0.6) is 5.75 Å². The van der Waals surface area contributed by atoms with Crippen molar-refractivity contribution in [2.45, 2.75) is 13.3 Å². The molecule has 2 aromatic carbocycles. The average Bonchev–Trinajstić information content (AvgIpc) is 2.80. The summed E-state index contributed by atoms with van der Waals surface area (Å²) in [5.74, 6) is -0.0510. The zero-order valence-electron chi connectivity index (χ0n) is 18.3. The molecule has 1 amide bonds. The van der Waals surface area contributed by atoms with Crippen LogP contribution in [0.2, 0.25) is 5.02 Å². The van der Waals surface area contributed by atoms with Crippen molar-refractivity contribution in [2.24, 2.45) is 0 Å². The molecule has 33 heavy (non-hydrogen) atoms. The number of nitrogens with two attached hydrogens (primary N) is 1. The van der Waals surface area contributed by atoms with Gasteiger partial charge in [-0.05, 0) is 30.7 Å². The Kier molecular flexibility index (Phi) is 7.22. The van der Waals surface area contributed by atoms with Gasteiger partial charge in [-0.3, -0.25) is 14.6 Å². The summed E-state index contributed by atoms with van der Waals surface area (Å²) < 4.78 is 24.9. The van der Waals surface area contributed by atoms with Gasteiger partial charge in [-0.25, -0.2) is 14.4 Å². The second kappa shape index (κ2) is 10.3. The summed E-state index contributed by atoms with van der Waals surface area (Å²) >= 11 is 5.93. The molecule has 10 heteroatoms. The van der Waals surface area contributed by atoms with Gasteiger partial charge < -0.3 is 15.2 Å². The minimum atomic E-state index is -0.573. The highest BCUT2D eigenvalue weighted by Gasteiger charge is 2.21. The van der Waals surface area contributed by atoms with Gasteiger partial charge in [-0.15, -0.1) is 0 Å². The van der Waals surface area contributed by atoms with Crippen LogP contribution in [0, 0.1) is 5.82 Å². The Morgan fingerprint density at radius 2 is 2.06 bits per heavy atom. The Morgan fingerprint density at radius 1 is 1.27 bits per heavy atom. The zero-order chi connectivity index (χ0) is 23.4. The highest BCUT2D eigenvalue weighted by atomic mass is 35.5. The summed E-state index contributed by atoms with van der Waals surface area (Å²) in [6.07, 6.45) is 2.22. The molecule has 2 N–H and O–H groups in total. The molecule has 174 valence electrons. The van der Waals surface area contributed by atoms with Gasteiger partial charge in [-0.2, -0.15) is 0 Å². The van der Waals surface area contributed by atoms with Crippen LogP contribution in [0.4, 0.5) is 21.6 Å². The van der Waals surface area contributed by atoms with Crippen molar-refractivity contribution in [3.63, 3.8) is 0 Å². The lowest BCUT2D eigenvalue weighted by Crippen LogP contribution is -2.37. The molecule has 1 aliphatic rings. The van der Waals surface area contributed by atoms with Gasteiger partial charge in [0.15, 0.2) is 5.82 Å². The molecule has 1 aliphatic heterocycles. The molecule has 8 nitrogen and oxygen atoms in total. The number of morpholine rings is 1. The maximum Gasteiger partial charge on any atom is 0.229 e. The molecule has 0 atom stereocenters. The van der Waals surface area contributed by atoms with Gasteiger partial charge in [0.2, 0.25) is 5.91 Å². The number of ether oxygens (including phenoxy) is 2. The van der Waals surface area contributed by atoms with E-state index in [-0.39, 0.29) is 10.9 Å². The quantitative estimate of drug-likeness (QED) is 0.412. The van der Waals surface area contributed by atoms with Crippen molar-refractivity contribution in [1.82, 2.24) is 14.9 Å². The number of halogens is 2. The zero-order valence-corrected chi connectivity index (χ0v) is 19.0. The third kappa shape index (κ3) is 5.32.